The lowest BCUT2D eigenvalue weighted by Gasteiger charge is -2.28. The fourth-order valence-corrected chi connectivity index (χ4v) is 1.81. The van der Waals surface area contributed by atoms with Crippen LogP contribution in [-0.2, 0) is 4.79 Å². The predicted octanol–water partition coefficient (Wildman–Crippen LogP) is -0.922. The lowest BCUT2D eigenvalue weighted by Crippen LogP contribution is -2.51. The minimum absolute atomic E-state index is 0.00112. The fraction of sp³-hybridized carbons (Fsp3) is 0.833. The number of hydrogen-bond donors (Lipinski definition) is 3. The first-order chi connectivity index (χ1) is 8.28. The van der Waals surface area contributed by atoms with E-state index in [0.29, 0.717) is 0 Å². The van der Waals surface area contributed by atoms with Crippen molar-refractivity contribution in [1.82, 2.24) is 10.2 Å². The first kappa shape index (κ1) is 14.9. The van der Waals surface area contributed by atoms with Gasteiger partial charge >= 0.3 is 0 Å². The molecule has 0 aromatic carbocycles. The first-order valence-electron chi connectivity index (χ1n) is 6.09. The molecule has 1 heterocycles. The van der Waals surface area contributed by atoms with E-state index in [4.69, 9.17) is 5.26 Å². The third-order valence-corrected chi connectivity index (χ3v) is 3.49. The summed E-state index contributed by atoms with van der Waals surface area (Å²) in [6, 6.07) is 2.10. The molecule has 0 bridgehead atoms. The van der Waals surface area contributed by atoms with Crippen LogP contribution in [0.4, 0.5) is 0 Å². The van der Waals surface area contributed by atoms with Crippen molar-refractivity contribution in [2.45, 2.75) is 38.5 Å². The number of rotatable bonds is 4. The van der Waals surface area contributed by atoms with Gasteiger partial charge in [-0.2, -0.15) is 5.26 Å². The molecular weight excluding hydrogens is 234 g/mol. The maximum Gasteiger partial charge on any atom is 0.235 e. The van der Waals surface area contributed by atoms with Crippen LogP contribution in [0.5, 0.6) is 0 Å². The van der Waals surface area contributed by atoms with Gasteiger partial charge in [0.05, 0.1) is 24.8 Å². The quantitative estimate of drug-likeness (QED) is 0.603. The number of likely N-dealkylation sites (tertiary alicyclic amines) is 1. The fourth-order valence-electron chi connectivity index (χ4n) is 1.81. The molecule has 0 aromatic heterocycles. The van der Waals surface area contributed by atoms with Gasteiger partial charge in [0.15, 0.2) is 0 Å². The first-order valence-corrected chi connectivity index (χ1v) is 6.09. The molecule has 1 fully saturated rings. The van der Waals surface area contributed by atoms with Crippen molar-refractivity contribution in [3.05, 3.63) is 0 Å². The Balaban J connectivity index is 2.50. The summed E-state index contributed by atoms with van der Waals surface area (Å²) in [4.78, 5) is 13.5. The van der Waals surface area contributed by atoms with E-state index in [1.807, 2.05) is 13.8 Å². The molecule has 1 rings (SSSR count). The molecule has 1 amide bonds. The maximum atomic E-state index is 11.8. The zero-order chi connectivity index (χ0) is 13.9. The number of carbonyl (C=O) groups excluding carboxylic acids is 1. The minimum Gasteiger partial charge on any atom is -0.389 e. The Kier molecular flexibility index (Phi) is 4.68. The molecule has 6 heteroatoms. The van der Waals surface area contributed by atoms with E-state index in [9.17, 15) is 15.0 Å². The highest BCUT2D eigenvalue weighted by Crippen LogP contribution is 2.15. The summed E-state index contributed by atoms with van der Waals surface area (Å²) >= 11 is 0. The average Bonchev–Trinajstić information content (AvgIpc) is 2.57. The molecule has 1 unspecified atom stereocenters. The van der Waals surface area contributed by atoms with Crippen molar-refractivity contribution in [2.75, 3.05) is 19.6 Å². The van der Waals surface area contributed by atoms with Gasteiger partial charge in [0.1, 0.15) is 5.54 Å². The zero-order valence-electron chi connectivity index (χ0n) is 11.1. The lowest BCUT2D eigenvalue weighted by atomic mass is 9.90. The van der Waals surface area contributed by atoms with Crippen LogP contribution in [-0.4, -0.2) is 58.4 Å². The van der Waals surface area contributed by atoms with E-state index in [1.165, 1.54) is 0 Å². The molecule has 1 aliphatic rings. The second kappa shape index (κ2) is 5.65. The van der Waals surface area contributed by atoms with Gasteiger partial charge in [-0.15, -0.1) is 0 Å². The molecule has 1 saturated heterocycles. The molecule has 0 radical (unpaired) electrons. The number of nitrogens with zero attached hydrogens (tertiary/aromatic N) is 2. The van der Waals surface area contributed by atoms with Crippen LogP contribution in [0, 0.1) is 17.2 Å². The zero-order valence-corrected chi connectivity index (χ0v) is 11.1. The molecule has 3 N–H and O–H groups in total. The summed E-state index contributed by atoms with van der Waals surface area (Å²) in [6.45, 7) is 6.06. The van der Waals surface area contributed by atoms with E-state index < -0.39 is 17.7 Å². The normalized spacial score (nSPS) is 27.8. The summed E-state index contributed by atoms with van der Waals surface area (Å²) in [5.74, 6) is -0.268. The van der Waals surface area contributed by atoms with Crippen LogP contribution in [0.2, 0.25) is 0 Å². The van der Waals surface area contributed by atoms with Crippen LogP contribution in [0.15, 0.2) is 0 Å². The number of carbonyl (C=O) groups is 1. The van der Waals surface area contributed by atoms with E-state index >= 15 is 0 Å². The highest BCUT2D eigenvalue weighted by molar-refractivity contribution is 5.79. The standard InChI is InChI=1S/C12H21N3O3/c1-8(2)12(3,7-13)14-11(18)6-15-4-9(16)10(17)5-15/h8-10,16-17H,4-6H2,1-3H3,(H,14,18)/t9-,10+,12?. The Morgan fingerprint density at radius 2 is 2.00 bits per heavy atom. The summed E-state index contributed by atoms with van der Waals surface area (Å²) in [5.41, 5.74) is -0.895. The highest BCUT2D eigenvalue weighted by atomic mass is 16.3. The molecule has 0 saturated carbocycles. The third-order valence-electron chi connectivity index (χ3n) is 3.49. The van der Waals surface area contributed by atoms with Crippen LogP contribution < -0.4 is 5.32 Å². The summed E-state index contributed by atoms with van der Waals surface area (Å²) in [5, 5.41) is 30.5. The molecule has 18 heavy (non-hydrogen) atoms. The van der Waals surface area contributed by atoms with Gasteiger partial charge in [0.2, 0.25) is 5.91 Å². The molecule has 0 aliphatic carbocycles. The molecule has 1 aliphatic heterocycles. The number of nitrogens with one attached hydrogen (secondary N) is 1. The molecule has 0 aromatic rings. The Labute approximate surface area is 107 Å². The SMILES string of the molecule is CC(C)C(C)(C#N)NC(=O)CN1C[C@@H](O)[C@@H](O)C1. The second-order valence-corrected chi connectivity index (χ2v) is 5.35. The van der Waals surface area contributed by atoms with Gasteiger partial charge in [0, 0.05) is 13.1 Å². The van der Waals surface area contributed by atoms with Gasteiger partial charge in [-0.1, -0.05) is 13.8 Å². The van der Waals surface area contributed by atoms with Crippen molar-refractivity contribution < 1.29 is 15.0 Å². The molecular formula is C12H21N3O3. The van der Waals surface area contributed by atoms with E-state index in [0.717, 1.165) is 0 Å². The van der Waals surface area contributed by atoms with Crippen molar-refractivity contribution in [2.24, 2.45) is 5.92 Å². The molecule has 6 nitrogen and oxygen atoms in total. The Bertz CT molecular complexity index is 343. The van der Waals surface area contributed by atoms with Gasteiger partial charge in [-0.3, -0.25) is 9.69 Å². The monoisotopic (exact) mass is 255 g/mol. The maximum absolute atomic E-state index is 11.8. The lowest BCUT2D eigenvalue weighted by molar-refractivity contribution is -0.123. The van der Waals surface area contributed by atoms with Crippen LogP contribution in [0.1, 0.15) is 20.8 Å². The van der Waals surface area contributed by atoms with E-state index in [-0.39, 0.29) is 31.5 Å². The predicted molar refractivity (Wildman–Crippen MR) is 65.5 cm³/mol. The summed E-state index contributed by atoms with van der Waals surface area (Å²) < 4.78 is 0. The van der Waals surface area contributed by atoms with Crippen LogP contribution in [0.3, 0.4) is 0 Å². The van der Waals surface area contributed by atoms with Gasteiger partial charge in [-0.05, 0) is 12.8 Å². The second-order valence-electron chi connectivity index (χ2n) is 5.35. The number of aliphatic hydroxyl groups excluding tert-OH is 2. The number of aliphatic hydroxyl groups is 2. The molecule has 102 valence electrons. The number of nitriles is 1. The van der Waals surface area contributed by atoms with Gasteiger partial charge < -0.3 is 15.5 Å². The van der Waals surface area contributed by atoms with E-state index in [2.05, 4.69) is 11.4 Å². The van der Waals surface area contributed by atoms with Crippen molar-refractivity contribution in [1.29, 1.82) is 5.26 Å². The van der Waals surface area contributed by atoms with Crippen molar-refractivity contribution in [3.8, 4) is 6.07 Å². The summed E-state index contributed by atoms with van der Waals surface area (Å²) in [7, 11) is 0. The van der Waals surface area contributed by atoms with Gasteiger partial charge in [0.25, 0.3) is 0 Å². The largest absolute Gasteiger partial charge is 0.389 e. The summed E-state index contributed by atoms with van der Waals surface area (Å²) in [6.07, 6.45) is -1.60. The Morgan fingerprint density at radius 1 is 1.50 bits per heavy atom. The Hall–Kier alpha value is -1.16. The number of β-amino-alcohol motifs (C(OH)–C–C–N with tert-alkyl or cyclic N) is 2. The van der Waals surface area contributed by atoms with Crippen LogP contribution >= 0.6 is 0 Å². The van der Waals surface area contributed by atoms with Crippen molar-refractivity contribution >= 4 is 5.91 Å². The smallest absolute Gasteiger partial charge is 0.235 e. The Morgan fingerprint density at radius 3 is 2.39 bits per heavy atom. The van der Waals surface area contributed by atoms with Crippen molar-refractivity contribution in [3.63, 3.8) is 0 Å². The van der Waals surface area contributed by atoms with Crippen LogP contribution in [0.25, 0.3) is 0 Å². The topological polar surface area (TPSA) is 96.6 Å². The number of amides is 1. The molecule has 3 atom stereocenters. The third kappa shape index (κ3) is 3.42. The average molecular weight is 255 g/mol. The molecule has 0 spiro atoms. The number of hydrogen-bond acceptors (Lipinski definition) is 5. The van der Waals surface area contributed by atoms with E-state index in [1.54, 1.807) is 11.8 Å². The van der Waals surface area contributed by atoms with Gasteiger partial charge in [-0.25, -0.2) is 0 Å². The highest BCUT2D eigenvalue weighted by Gasteiger charge is 2.33. The minimum atomic E-state index is -0.895.